The highest BCUT2D eigenvalue weighted by Gasteiger charge is 2.32. The number of carbonyl (C=O) groups excluding carboxylic acids is 1. The van der Waals surface area contributed by atoms with Crippen LogP contribution in [0.4, 0.5) is 5.69 Å². The zero-order valence-electron chi connectivity index (χ0n) is 16.9. The molecule has 1 aliphatic heterocycles. The molecule has 1 fully saturated rings. The Morgan fingerprint density at radius 1 is 1.30 bits per heavy atom. The molecular weight excluding hydrogens is 434 g/mol. The predicted molar refractivity (Wildman–Crippen MR) is 112 cm³/mol. The largest absolute Gasteiger partial charge is 0.366 e. The zero-order valence-corrected chi connectivity index (χ0v) is 18.5. The van der Waals surface area contributed by atoms with Gasteiger partial charge in [-0.2, -0.15) is 0 Å². The van der Waals surface area contributed by atoms with E-state index in [0.717, 1.165) is 6.26 Å². The first-order valence-corrected chi connectivity index (χ1v) is 11.8. The first-order chi connectivity index (χ1) is 14.1. The van der Waals surface area contributed by atoms with E-state index in [-0.39, 0.29) is 39.4 Å². The highest BCUT2D eigenvalue weighted by atomic mass is 35.5. The van der Waals surface area contributed by atoms with Gasteiger partial charge in [-0.25, -0.2) is 8.42 Å². The summed E-state index contributed by atoms with van der Waals surface area (Å²) in [5.74, 6) is -0.615. The van der Waals surface area contributed by atoms with E-state index >= 15 is 0 Å². The van der Waals surface area contributed by atoms with Crippen molar-refractivity contribution in [3.63, 3.8) is 0 Å². The predicted octanol–water partition coefficient (Wildman–Crippen LogP) is 1.42. The first-order valence-electron chi connectivity index (χ1n) is 9.52. The maximum absolute atomic E-state index is 13.0. The Morgan fingerprint density at radius 3 is 2.57 bits per heavy atom. The molecule has 164 valence electrons. The molecule has 2 aromatic rings. The smallest absolute Gasteiger partial charge is 0.277 e. The Labute approximate surface area is 179 Å². The maximum Gasteiger partial charge on any atom is 0.277 e. The molecule has 0 spiro atoms. The number of hydrogen-bond donors (Lipinski definition) is 2. The molecule has 0 radical (unpaired) electrons. The SMILES string of the molecule is CCC1CN(c2c(S(C)(=O)=O)ccc(C(=O)c3c[nH]n(CC)c3=O)c2Cl)CC(O)O1. The molecular formula is C19H24ClN3O6S. The Morgan fingerprint density at radius 2 is 2.00 bits per heavy atom. The third kappa shape index (κ3) is 4.18. The molecule has 2 N–H and O–H groups in total. The number of nitrogens with one attached hydrogen (secondary N) is 1. The third-order valence-electron chi connectivity index (χ3n) is 5.05. The number of halogens is 1. The molecule has 30 heavy (non-hydrogen) atoms. The monoisotopic (exact) mass is 457 g/mol. The summed E-state index contributed by atoms with van der Waals surface area (Å²) in [6.45, 7) is 4.28. The number of aromatic nitrogens is 2. The maximum atomic E-state index is 13.0. The number of benzene rings is 1. The molecule has 0 bridgehead atoms. The molecule has 1 aromatic carbocycles. The van der Waals surface area contributed by atoms with Crippen LogP contribution in [0.3, 0.4) is 0 Å². The van der Waals surface area contributed by atoms with Gasteiger partial charge < -0.3 is 19.8 Å². The fourth-order valence-electron chi connectivity index (χ4n) is 3.49. The molecule has 11 heteroatoms. The number of β-amino-alcohol motifs (C(OH)–C–C–N with tert-alkyl or cyclic N) is 1. The molecule has 1 aliphatic rings. The van der Waals surface area contributed by atoms with Gasteiger partial charge in [-0.05, 0) is 25.5 Å². The molecule has 1 saturated heterocycles. The minimum Gasteiger partial charge on any atom is -0.366 e. The van der Waals surface area contributed by atoms with E-state index in [1.165, 1.54) is 23.0 Å². The lowest BCUT2D eigenvalue weighted by atomic mass is 10.0. The second-order valence-electron chi connectivity index (χ2n) is 7.14. The summed E-state index contributed by atoms with van der Waals surface area (Å²) in [5.41, 5.74) is -0.449. The van der Waals surface area contributed by atoms with Gasteiger partial charge in [0.1, 0.15) is 5.56 Å². The van der Waals surface area contributed by atoms with E-state index in [0.29, 0.717) is 19.5 Å². The fraction of sp³-hybridized carbons (Fsp3) is 0.474. The van der Waals surface area contributed by atoms with E-state index in [1.54, 1.807) is 11.8 Å². The second-order valence-corrected chi connectivity index (χ2v) is 9.50. The van der Waals surface area contributed by atoms with Crippen molar-refractivity contribution in [2.24, 2.45) is 0 Å². The number of aryl methyl sites for hydroxylation is 1. The molecule has 2 atom stereocenters. The number of sulfone groups is 1. The van der Waals surface area contributed by atoms with Gasteiger partial charge in [-0.15, -0.1) is 0 Å². The minimum atomic E-state index is -3.69. The summed E-state index contributed by atoms with van der Waals surface area (Å²) in [4.78, 5) is 27.0. The van der Waals surface area contributed by atoms with Crippen LogP contribution in [0.25, 0.3) is 0 Å². The third-order valence-corrected chi connectivity index (χ3v) is 6.56. The number of aliphatic hydroxyl groups is 1. The van der Waals surface area contributed by atoms with Crippen molar-refractivity contribution in [3.8, 4) is 0 Å². The number of nitrogens with zero attached hydrogens (tertiary/aromatic N) is 2. The normalized spacial score (nSPS) is 19.8. The van der Waals surface area contributed by atoms with E-state index in [1.807, 2.05) is 6.92 Å². The van der Waals surface area contributed by atoms with Crippen molar-refractivity contribution in [1.82, 2.24) is 9.78 Å². The van der Waals surface area contributed by atoms with Crippen LogP contribution in [0.2, 0.25) is 5.02 Å². The first kappa shape index (κ1) is 22.5. The summed E-state index contributed by atoms with van der Waals surface area (Å²) in [7, 11) is -3.69. The molecule has 0 amide bonds. The Bertz CT molecular complexity index is 1120. The highest BCUT2D eigenvalue weighted by molar-refractivity contribution is 7.90. The fourth-order valence-corrected chi connectivity index (χ4v) is 4.82. The molecule has 9 nitrogen and oxygen atoms in total. The number of rotatable bonds is 6. The van der Waals surface area contributed by atoms with Crippen molar-refractivity contribution in [2.75, 3.05) is 24.2 Å². The number of morpholine rings is 1. The van der Waals surface area contributed by atoms with Gasteiger partial charge in [-0.1, -0.05) is 18.5 Å². The van der Waals surface area contributed by atoms with Gasteiger partial charge in [0.05, 0.1) is 28.3 Å². The number of ether oxygens (including phenoxy) is 1. The molecule has 1 aromatic heterocycles. The van der Waals surface area contributed by atoms with Gasteiger partial charge in [0.15, 0.2) is 16.1 Å². The van der Waals surface area contributed by atoms with Crippen LogP contribution < -0.4 is 10.5 Å². The quantitative estimate of drug-likeness (QED) is 0.629. The lowest BCUT2D eigenvalue weighted by Crippen LogP contribution is -2.48. The van der Waals surface area contributed by atoms with Gasteiger partial charge in [0, 0.05) is 31.1 Å². The van der Waals surface area contributed by atoms with Gasteiger partial charge in [-0.3, -0.25) is 14.3 Å². The van der Waals surface area contributed by atoms with Gasteiger partial charge in [0.25, 0.3) is 5.56 Å². The number of H-pyrrole nitrogens is 1. The Kier molecular flexibility index (Phi) is 6.42. The number of aromatic amines is 1. The van der Waals surface area contributed by atoms with Crippen LogP contribution >= 0.6 is 11.6 Å². The van der Waals surface area contributed by atoms with Crippen LogP contribution in [0.15, 0.2) is 28.0 Å². The van der Waals surface area contributed by atoms with Crippen molar-refractivity contribution >= 4 is 32.9 Å². The summed E-state index contributed by atoms with van der Waals surface area (Å²) in [5, 5.41) is 12.7. The second kappa shape index (κ2) is 8.54. The molecule has 2 heterocycles. The standard InChI is InChI=1S/C19H24ClN3O6S/c1-4-11-9-22(10-15(24)29-11)17-14(30(3,27)28)7-6-12(16(17)20)18(25)13-8-21-23(5-2)19(13)26/h6-8,11,15,21,24H,4-5,9-10H2,1-3H3. The van der Waals surface area contributed by atoms with Crippen LogP contribution in [0.1, 0.15) is 36.2 Å². The zero-order chi connectivity index (χ0) is 22.2. The summed E-state index contributed by atoms with van der Waals surface area (Å²) >= 11 is 6.56. The Hall–Kier alpha value is -2.14. The average Bonchev–Trinajstić information content (AvgIpc) is 3.06. The molecule has 2 unspecified atom stereocenters. The summed E-state index contributed by atoms with van der Waals surface area (Å²) < 4.78 is 31.5. The van der Waals surface area contributed by atoms with E-state index in [2.05, 4.69) is 5.10 Å². The number of anilines is 1. The Balaban J connectivity index is 2.16. The number of ketones is 1. The molecule has 3 rings (SSSR count). The molecule has 0 aliphatic carbocycles. The van der Waals surface area contributed by atoms with Crippen molar-refractivity contribution in [2.45, 2.75) is 44.1 Å². The topological polar surface area (TPSA) is 122 Å². The van der Waals surface area contributed by atoms with E-state index in [9.17, 15) is 23.1 Å². The number of carbonyl (C=O) groups is 1. The van der Waals surface area contributed by atoms with Crippen LogP contribution in [0.5, 0.6) is 0 Å². The lowest BCUT2D eigenvalue weighted by molar-refractivity contribution is -0.143. The summed E-state index contributed by atoms with van der Waals surface area (Å²) in [6.07, 6.45) is 1.48. The van der Waals surface area contributed by atoms with Crippen molar-refractivity contribution in [1.29, 1.82) is 0 Å². The average molecular weight is 458 g/mol. The van der Waals surface area contributed by atoms with Gasteiger partial charge in [0.2, 0.25) is 5.78 Å². The van der Waals surface area contributed by atoms with Crippen LogP contribution in [-0.2, 0) is 21.1 Å². The number of hydrogen-bond acceptors (Lipinski definition) is 7. The summed E-state index contributed by atoms with van der Waals surface area (Å²) in [6, 6.07) is 2.61. The number of aliphatic hydroxyl groups excluding tert-OH is 1. The van der Waals surface area contributed by atoms with Crippen molar-refractivity contribution in [3.05, 3.63) is 44.8 Å². The minimum absolute atomic E-state index is 0.00690. The van der Waals surface area contributed by atoms with Crippen LogP contribution in [0, 0.1) is 0 Å². The molecule has 0 saturated carbocycles. The lowest BCUT2D eigenvalue weighted by Gasteiger charge is -2.38. The van der Waals surface area contributed by atoms with E-state index < -0.39 is 27.5 Å². The van der Waals surface area contributed by atoms with Crippen LogP contribution in [-0.4, -0.2) is 60.8 Å². The van der Waals surface area contributed by atoms with E-state index in [4.69, 9.17) is 16.3 Å². The van der Waals surface area contributed by atoms with Crippen molar-refractivity contribution < 1.29 is 23.1 Å². The van der Waals surface area contributed by atoms with Gasteiger partial charge >= 0.3 is 0 Å². The highest BCUT2D eigenvalue weighted by Crippen LogP contribution is 2.38.